The second-order valence-corrected chi connectivity index (χ2v) is 4.26. The fourth-order valence-electron chi connectivity index (χ4n) is 1.71. The third-order valence-corrected chi connectivity index (χ3v) is 2.90. The highest BCUT2D eigenvalue weighted by atomic mass is 32.1. The minimum Gasteiger partial charge on any atom is -0.374 e. The van der Waals surface area contributed by atoms with Gasteiger partial charge in [0.25, 0.3) is 6.43 Å². The lowest BCUT2D eigenvalue weighted by Gasteiger charge is -2.05. The number of hydrogen-bond donors (Lipinski definition) is 1. The highest BCUT2D eigenvalue weighted by molar-refractivity contribution is 7.71. The molecule has 1 N–H and O–H groups in total. The van der Waals surface area contributed by atoms with Crippen molar-refractivity contribution in [1.82, 2.24) is 14.5 Å². The Balaban J connectivity index is 2.16. The van der Waals surface area contributed by atoms with Gasteiger partial charge in [-0.25, -0.2) is 13.8 Å². The molecule has 0 atom stereocenters. The highest BCUT2D eigenvalue weighted by Gasteiger charge is 2.08. The van der Waals surface area contributed by atoms with E-state index < -0.39 is 13.0 Å². The fourth-order valence-corrected chi connectivity index (χ4v) is 1.99. The van der Waals surface area contributed by atoms with Crippen LogP contribution in [-0.4, -0.2) is 34.2 Å². The molecule has 0 fully saturated rings. The number of halogens is 2. The van der Waals surface area contributed by atoms with Crippen molar-refractivity contribution in [3.05, 3.63) is 22.6 Å². The number of H-pyrrole nitrogens is 1. The average Bonchev–Trinajstić information content (AvgIpc) is 2.63. The maximum atomic E-state index is 11.9. The van der Waals surface area contributed by atoms with Gasteiger partial charge in [0.1, 0.15) is 6.61 Å². The third-order valence-electron chi connectivity index (χ3n) is 2.58. The molecule has 0 spiro atoms. The quantitative estimate of drug-likeness (QED) is 0.673. The second kappa shape index (κ2) is 5.53. The van der Waals surface area contributed by atoms with Crippen LogP contribution in [0.3, 0.4) is 0 Å². The molecule has 0 bridgehead atoms. The van der Waals surface area contributed by atoms with Crippen LogP contribution in [0.15, 0.2) is 12.3 Å². The standard InChI is InChI=1S/C11H13F2N3OS/c1-7-2-3-14-10-9(7)15-11(18)16(10)4-5-17-6-8(12)13/h2-3,8H,4-6H2,1H3,(H,15,18). The first-order valence-corrected chi connectivity index (χ1v) is 5.90. The SMILES string of the molecule is Cc1ccnc2c1[nH]c(=S)n2CCOCC(F)F. The van der Waals surface area contributed by atoms with Gasteiger partial charge in [0.15, 0.2) is 10.4 Å². The van der Waals surface area contributed by atoms with Crippen LogP contribution in [0.1, 0.15) is 5.56 Å². The van der Waals surface area contributed by atoms with Crippen LogP contribution < -0.4 is 0 Å². The number of ether oxygens (including phenoxy) is 1. The largest absolute Gasteiger partial charge is 0.374 e. The Bertz CT molecular complexity index is 593. The Labute approximate surface area is 108 Å². The minimum absolute atomic E-state index is 0.182. The molecular formula is C11H13F2N3OS. The molecule has 0 aromatic carbocycles. The Morgan fingerprint density at radius 2 is 2.33 bits per heavy atom. The number of aromatic amines is 1. The molecule has 2 heterocycles. The zero-order valence-electron chi connectivity index (χ0n) is 9.82. The molecule has 0 aliphatic heterocycles. The summed E-state index contributed by atoms with van der Waals surface area (Å²) in [5.74, 6) is 0. The Hall–Kier alpha value is -1.34. The monoisotopic (exact) mass is 273 g/mol. The summed E-state index contributed by atoms with van der Waals surface area (Å²) in [4.78, 5) is 7.29. The summed E-state index contributed by atoms with van der Waals surface area (Å²) in [5.41, 5.74) is 2.63. The summed E-state index contributed by atoms with van der Waals surface area (Å²) >= 11 is 5.18. The molecule has 0 aliphatic carbocycles. The van der Waals surface area contributed by atoms with Gasteiger partial charge in [-0.3, -0.25) is 4.57 Å². The van der Waals surface area contributed by atoms with Crippen molar-refractivity contribution in [1.29, 1.82) is 0 Å². The summed E-state index contributed by atoms with van der Waals surface area (Å²) in [6.45, 7) is 1.98. The van der Waals surface area contributed by atoms with E-state index in [9.17, 15) is 8.78 Å². The van der Waals surface area contributed by atoms with Crippen molar-refractivity contribution in [3.8, 4) is 0 Å². The number of alkyl halides is 2. The van der Waals surface area contributed by atoms with E-state index in [4.69, 9.17) is 17.0 Å². The molecule has 0 saturated heterocycles. The van der Waals surface area contributed by atoms with E-state index in [1.54, 1.807) is 10.8 Å². The van der Waals surface area contributed by atoms with Crippen molar-refractivity contribution in [2.45, 2.75) is 19.9 Å². The highest BCUT2D eigenvalue weighted by Crippen LogP contribution is 2.15. The normalized spacial score (nSPS) is 11.6. The molecule has 2 aromatic rings. The molecule has 0 radical (unpaired) electrons. The van der Waals surface area contributed by atoms with E-state index in [1.807, 2.05) is 13.0 Å². The van der Waals surface area contributed by atoms with Crippen molar-refractivity contribution in [3.63, 3.8) is 0 Å². The van der Waals surface area contributed by atoms with Gasteiger partial charge in [-0.15, -0.1) is 0 Å². The Morgan fingerprint density at radius 3 is 3.06 bits per heavy atom. The number of pyridine rings is 1. The van der Waals surface area contributed by atoms with Crippen LogP contribution in [0.2, 0.25) is 0 Å². The lowest BCUT2D eigenvalue weighted by atomic mass is 10.3. The van der Waals surface area contributed by atoms with Crippen LogP contribution in [0.5, 0.6) is 0 Å². The number of imidazole rings is 1. The van der Waals surface area contributed by atoms with Gasteiger partial charge in [-0.05, 0) is 30.8 Å². The van der Waals surface area contributed by atoms with E-state index >= 15 is 0 Å². The Morgan fingerprint density at radius 1 is 1.56 bits per heavy atom. The zero-order valence-corrected chi connectivity index (χ0v) is 10.6. The van der Waals surface area contributed by atoms with Crippen LogP contribution >= 0.6 is 12.2 Å². The molecule has 18 heavy (non-hydrogen) atoms. The number of nitrogens with zero attached hydrogens (tertiary/aromatic N) is 2. The van der Waals surface area contributed by atoms with Crippen molar-refractivity contribution < 1.29 is 13.5 Å². The zero-order chi connectivity index (χ0) is 13.1. The maximum absolute atomic E-state index is 11.9. The van der Waals surface area contributed by atoms with E-state index in [2.05, 4.69) is 9.97 Å². The lowest BCUT2D eigenvalue weighted by Crippen LogP contribution is -2.11. The van der Waals surface area contributed by atoms with Crippen LogP contribution in [-0.2, 0) is 11.3 Å². The summed E-state index contributed by atoms with van der Waals surface area (Å²) in [7, 11) is 0. The van der Waals surface area contributed by atoms with Gasteiger partial charge in [0.2, 0.25) is 0 Å². The second-order valence-electron chi connectivity index (χ2n) is 3.87. The van der Waals surface area contributed by atoms with Gasteiger partial charge in [0, 0.05) is 6.20 Å². The van der Waals surface area contributed by atoms with Crippen LogP contribution in [0.25, 0.3) is 11.2 Å². The number of rotatable bonds is 5. The molecule has 0 amide bonds. The van der Waals surface area contributed by atoms with E-state index in [-0.39, 0.29) is 6.61 Å². The predicted molar refractivity (Wildman–Crippen MR) is 66.5 cm³/mol. The van der Waals surface area contributed by atoms with Gasteiger partial charge < -0.3 is 9.72 Å². The first kappa shape index (κ1) is 13.1. The van der Waals surface area contributed by atoms with Crippen LogP contribution in [0.4, 0.5) is 8.78 Å². The topological polar surface area (TPSA) is 42.8 Å². The fraction of sp³-hybridized carbons (Fsp3) is 0.455. The molecule has 0 aliphatic rings. The number of aromatic nitrogens is 3. The van der Waals surface area contributed by atoms with Crippen molar-refractivity contribution in [2.75, 3.05) is 13.2 Å². The van der Waals surface area contributed by atoms with Crippen molar-refractivity contribution >= 4 is 23.4 Å². The summed E-state index contributed by atoms with van der Waals surface area (Å²) in [6.07, 6.45) is -0.752. The summed E-state index contributed by atoms with van der Waals surface area (Å²) < 4.78 is 30.9. The van der Waals surface area contributed by atoms with Crippen molar-refractivity contribution in [2.24, 2.45) is 0 Å². The molecule has 2 aromatic heterocycles. The first-order chi connectivity index (χ1) is 8.59. The summed E-state index contributed by atoms with van der Waals surface area (Å²) in [5, 5.41) is 0. The number of hydrogen-bond acceptors (Lipinski definition) is 3. The molecule has 98 valence electrons. The van der Waals surface area contributed by atoms with Crippen LogP contribution in [0, 0.1) is 11.7 Å². The molecule has 0 saturated carbocycles. The third kappa shape index (κ3) is 2.73. The molecule has 4 nitrogen and oxygen atoms in total. The van der Waals surface area contributed by atoms with E-state index in [0.29, 0.717) is 11.3 Å². The number of fused-ring (bicyclic) bond motifs is 1. The molecular weight excluding hydrogens is 260 g/mol. The van der Waals surface area contributed by atoms with Gasteiger partial charge in [0.05, 0.1) is 18.7 Å². The summed E-state index contributed by atoms with van der Waals surface area (Å²) in [6, 6.07) is 1.88. The van der Waals surface area contributed by atoms with Gasteiger partial charge in [-0.2, -0.15) is 0 Å². The average molecular weight is 273 g/mol. The molecule has 0 unspecified atom stereocenters. The number of nitrogens with one attached hydrogen (secondary N) is 1. The first-order valence-electron chi connectivity index (χ1n) is 5.49. The lowest BCUT2D eigenvalue weighted by molar-refractivity contribution is 0.0149. The predicted octanol–water partition coefficient (Wildman–Crippen LogP) is 2.68. The molecule has 7 heteroatoms. The molecule has 2 rings (SSSR count). The smallest absolute Gasteiger partial charge is 0.261 e. The van der Waals surface area contributed by atoms with Gasteiger partial charge in [-0.1, -0.05) is 0 Å². The minimum atomic E-state index is -2.44. The number of aryl methyl sites for hydroxylation is 1. The maximum Gasteiger partial charge on any atom is 0.261 e. The van der Waals surface area contributed by atoms with E-state index in [1.165, 1.54) is 0 Å². The van der Waals surface area contributed by atoms with E-state index in [0.717, 1.165) is 16.7 Å². The van der Waals surface area contributed by atoms with Gasteiger partial charge >= 0.3 is 0 Å². The Kier molecular flexibility index (Phi) is 4.03.